The minimum absolute atomic E-state index is 0.0329. The maximum absolute atomic E-state index is 11.8. The number of furan rings is 1. The summed E-state index contributed by atoms with van der Waals surface area (Å²) in [6.45, 7) is 5.46. The normalized spacial score (nSPS) is 16.2. The van der Waals surface area contributed by atoms with Crippen LogP contribution in [0.15, 0.2) is 27.2 Å². The highest BCUT2D eigenvalue weighted by molar-refractivity contribution is 5.78. The Balaban J connectivity index is 1.40. The molecule has 3 rings (SSSR count). The third-order valence-corrected chi connectivity index (χ3v) is 4.02. The number of nitrogens with zero attached hydrogens (tertiary/aromatic N) is 4. The van der Waals surface area contributed by atoms with Crippen molar-refractivity contribution in [1.82, 2.24) is 25.3 Å². The summed E-state index contributed by atoms with van der Waals surface area (Å²) in [5.74, 6) is 1.57. The van der Waals surface area contributed by atoms with E-state index in [0.717, 1.165) is 26.2 Å². The van der Waals surface area contributed by atoms with Gasteiger partial charge in [0.25, 0.3) is 5.89 Å². The number of rotatable bonds is 8. The first-order valence-electron chi connectivity index (χ1n) is 8.31. The second-order valence-corrected chi connectivity index (χ2v) is 5.87. The molecule has 1 aliphatic heterocycles. The van der Waals surface area contributed by atoms with Gasteiger partial charge in [-0.2, -0.15) is 0 Å². The largest absolute Gasteiger partial charge is 0.459 e. The summed E-state index contributed by atoms with van der Waals surface area (Å²) in [7, 11) is 1.62. The summed E-state index contributed by atoms with van der Waals surface area (Å²) in [6, 6.07) is 3.57. The Labute approximate surface area is 145 Å². The fourth-order valence-electron chi connectivity index (χ4n) is 2.67. The number of carbonyl (C=O) groups excluding carboxylic acids is 1. The molecule has 2 aromatic rings. The van der Waals surface area contributed by atoms with Crippen LogP contribution >= 0.6 is 0 Å². The van der Waals surface area contributed by atoms with Crippen molar-refractivity contribution in [1.29, 1.82) is 0 Å². The molecular formula is C16H23N5O4. The Morgan fingerprint density at radius 1 is 1.28 bits per heavy atom. The number of hydrogen-bond donors (Lipinski definition) is 1. The van der Waals surface area contributed by atoms with Crippen LogP contribution in [0.25, 0.3) is 11.7 Å². The average molecular weight is 349 g/mol. The smallest absolute Gasteiger partial charge is 0.283 e. The van der Waals surface area contributed by atoms with Crippen LogP contribution in [0.3, 0.4) is 0 Å². The predicted molar refractivity (Wildman–Crippen MR) is 88.6 cm³/mol. The van der Waals surface area contributed by atoms with E-state index in [1.165, 1.54) is 0 Å². The lowest BCUT2D eigenvalue weighted by atomic mass is 10.3. The molecule has 0 saturated carbocycles. The first-order chi connectivity index (χ1) is 12.2. The van der Waals surface area contributed by atoms with Gasteiger partial charge in [-0.05, 0) is 12.1 Å². The summed E-state index contributed by atoms with van der Waals surface area (Å²) in [5.41, 5.74) is 0. The van der Waals surface area contributed by atoms with Crippen LogP contribution in [0.1, 0.15) is 5.89 Å². The van der Waals surface area contributed by atoms with Gasteiger partial charge in [0.1, 0.15) is 0 Å². The van der Waals surface area contributed by atoms with Gasteiger partial charge in [0, 0.05) is 39.8 Å². The van der Waals surface area contributed by atoms with Crippen LogP contribution in [-0.4, -0.2) is 78.9 Å². The third-order valence-electron chi connectivity index (χ3n) is 4.02. The lowest BCUT2D eigenvalue weighted by molar-refractivity contribution is -0.122. The number of ether oxygens (including phenoxy) is 1. The predicted octanol–water partition coefficient (Wildman–Crippen LogP) is 0.210. The van der Waals surface area contributed by atoms with Gasteiger partial charge < -0.3 is 18.9 Å². The number of methoxy groups -OCH3 is 1. The fourth-order valence-corrected chi connectivity index (χ4v) is 2.67. The topological polar surface area (TPSA) is 96.9 Å². The Bertz CT molecular complexity index is 649. The zero-order chi connectivity index (χ0) is 17.5. The molecule has 1 amide bonds. The van der Waals surface area contributed by atoms with Crippen molar-refractivity contribution in [2.45, 2.75) is 6.54 Å². The van der Waals surface area contributed by atoms with E-state index in [1.54, 1.807) is 25.5 Å². The van der Waals surface area contributed by atoms with Crippen molar-refractivity contribution < 1.29 is 18.4 Å². The molecule has 0 aromatic carbocycles. The van der Waals surface area contributed by atoms with E-state index in [2.05, 4.69) is 25.3 Å². The fraction of sp³-hybridized carbons (Fsp3) is 0.562. The molecule has 0 spiro atoms. The maximum atomic E-state index is 11.8. The van der Waals surface area contributed by atoms with Crippen molar-refractivity contribution in [3.05, 3.63) is 24.3 Å². The lowest BCUT2D eigenvalue weighted by Crippen LogP contribution is -2.49. The van der Waals surface area contributed by atoms with Gasteiger partial charge in [0.2, 0.25) is 11.8 Å². The zero-order valence-electron chi connectivity index (χ0n) is 14.3. The van der Waals surface area contributed by atoms with Crippen molar-refractivity contribution in [2.75, 3.05) is 53.0 Å². The molecule has 0 bridgehead atoms. The van der Waals surface area contributed by atoms with Crippen molar-refractivity contribution in [3.8, 4) is 11.7 Å². The van der Waals surface area contributed by atoms with Gasteiger partial charge in [-0.3, -0.25) is 14.6 Å². The summed E-state index contributed by atoms with van der Waals surface area (Å²) in [5, 5.41) is 10.9. The minimum Gasteiger partial charge on any atom is -0.459 e. The molecule has 0 aliphatic carbocycles. The Hall–Kier alpha value is -2.23. The number of hydrogen-bond acceptors (Lipinski definition) is 8. The number of carbonyl (C=O) groups is 1. The Morgan fingerprint density at radius 2 is 2.08 bits per heavy atom. The minimum atomic E-state index is 0.0329. The van der Waals surface area contributed by atoms with E-state index in [1.807, 2.05) is 0 Å². The molecule has 136 valence electrons. The molecule has 3 heterocycles. The first-order valence-corrected chi connectivity index (χ1v) is 8.31. The van der Waals surface area contributed by atoms with Gasteiger partial charge in [0.15, 0.2) is 5.76 Å². The van der Waals surface area contributed by atoms with Crippen molar-refractivity contribution in [3.63, 3.8) is 0 Å². The Kier molecular flexibility index (Phi) is 6.15. The van der Waals surface area contributed by atoms with Crippen LogP contribution in [-0.2, 0) is 16.1 Å². The molecule has 1 saturated heterocycles. The van der Waals surface area contributed by atoms with Crippen LogP contribution in [0.4, 0.5) is 0 Å². The molecular weight excluding hydrogens is 326 g/mol. The van der Waals surface area contributed by atoms with E-state index in [0.29, 0.717) is 43.8 Å². The summed E-state index contributed by atoms with van der Waals surface area (Å²) in [4.78, 5) is 16.2. The van der Waals surface area contributed by atoms with Crippen LogP contribution < -0.4 is 5.32 Å². The van der Waals surface area contributed by atoms with Crippen LogP contribution in [0.2, 0.25) is 0 Å². The highest BCUT2D eigenvalue weighted by Crippen LogP contribution is 2.18. The van der Waals surface area contributed by atoms with E-state index in [-0.39, 0.29) is 5.91 Å². The molecule has 0 atom stereocenters. The lowest BCUT2D eigenvalue weighted by Gasteiger charge is -2.33. The summed E-state index contributed by atoms with van der Waals surface area (Å²) in [6.07, 6.45) is 1.57. The molecule has 9 nitrogen and oxygen atoms in total. The molecule has 25 heavy (non-hydrogen) atoms. The zero-order valence-corrected chi connectivity index (χ0v) is 14.3. The van der Waals surface area contributed by atoms with Crippen molar-refractivity contribution in [2.24, 2.45) is 0 Å². The van der Waals surface area contributed by atoms with Gasteiger partial charge in [-0.1, -0.05) is 0 Å². The molecule has 2 aromatic heterocycles. The highest BCUT2D eigenvalue weighted by Gasteiger charge is 2.21. The molecule has 1 N–H and O–H groups in total. The van der Waals surface area contributed by atoms with Crippen LogP contribution in [0, 0.1) is 0 Å². The highest BCUT2D eigenvalue weighted by atomic mass is 16.5. The van der Waals surface area contributed by atoms with Gasteiger partial charge >= 0.3 is 0 Å². The van der Waals surface area contributed by atoms with Crippen LogP contribution in [0.5, 0.6) is 0 Å². The summed E-state index contributed by atoms with van der Waals surface area (Å²) >= 11 is 0. The summed E-state index contributed by atoms with van der Waals surface area (Å²) < 4.78 is 15.8. The maximum Gasteiger partial charge on any atom is 0.283 e. The Morgan fingerprint density at radius 3 is 2.80 bits per heavy atom. The van der Waals surface area contributed by atoms with E-state index >= 15 is 0 Å². The average Bonchev–Trinajstić information content (AvgIpc) is 3.28. The second kappa shape index (κ2) is 8.75. The number of amides is 1. The van der Waals surface area contributed by atoms with Gasteiger partial charge in [-0.15, -0.1) is 10.2 Å². The quantitative estimate of drug-likeness (QED) is 0.676. The van der Waals surface area contributed by atoms with Gasteiger partial charge in [-0.25, -0.2) is 0 Å². The van der Waals surface area contributed by atoms with E-state index in [9.17, 15) is 4.79 Å². The molecule has 0 unspecified atom stereocenters. The third kappa shape index (κ3) is 5.12. The monoisotopic (exact) mass is 349 g/mol. The SMILES string of the molecule is COCCNC(=O)CN1CCN(Cc2nnc(-c3ccco3)o2)CC1. The molecule has 1 aliphatic rings. The van der Waals surface area contributed by atoms with E-state index in [4.69, 9.17) is 13.6 Å². The standard InChI is InChI=1S/C16H23N5O4/c1-23-10-4-17-14(22)11-20-5-7-21(8-6-20)12-15-18-19-16(25-15)13-3-2-9-24-13/h2-3,9H,4-8,10-12H2,1H3,(H,17,22). The molecule has 1 fully saturated rings. The molecule has 0 radical (unpaired) electrons. The van der Waals surface area contributed by atoms with Crippen molar-refractivity contribution >= 4 is 5.91 Å². The number of nitrogens with one attached hydrogen (secondary N) is 1. The van der Waals surface area contributed by atoms with Gasteiger partial charge in [0.05, 0.1) is 26.0 Å². The first kappa shape index (κ1) is 17.6. The molecule has 9 heteroatoms. The second-order valence-electron chi connectivity index (χ2n) is 5.87. The number of piperazine rings is 1. The van der Waals surface area contributed by atoms with E-state index < -0.39 is 0 Å². The number of aromatic nitrogens is 2.